The van der Waals surface area contributed by atoms with Crippen molar-refractivity contribution in [1.82, 2.24) is 16.0 Å². The van der Waals surface area contributed by atoms with Gasteiger partial charge in [-0.05, 0) is 49.7 Å². The molecule has 2 amide bonds. The van der Waals surface area contributed by atoms with Crippen LogP contribution in [0.5, 0.6) is 0 Å². The zero-order chi connectivity index (χ0) is 20.0. The number of unbranched alkanes of at least 4 members (excludes halogenated alkanes) is 1. The van der Waals surface area contributed by atoms with Crippen molar-refractivity contribution in [2.24, 2.45) is 11.1 Å². The lowest BCUT2D eigenvalue weighted by Gasteiger charge is -2.28. The number of nitrogens with two attached hydrogens (primary N) is 1. The van der Waals surface area contributed by atoms with E-state index in [0.717, 1.165) is 32.1 Å². The Morgan fingerprint density at radius 2 is 1.79 bits per heavy atom. The van der Waals surface area contributed by atoms with Gasteiger partial charge < -0.3 is 21.7 Å². The lowest BCUT2D eigenvalue weighted by atomic mass is 9.83. The highest BCUT2D eigenvalue weighted by molar-refractivity contribution is 6.05. The Labute approximate surface area is 166 Å². The second kappa shape index (κ2) is 9.08. The molecule has 1 radical (unpaired) electrons. The van der Waals surface area contributed by atoms with Gasteiger partial charge in [0.1, 0.15) is 5.41 Å². The fourth-order valence-electron chi connectivity index (χ4n) is 4.25. The molecule has 0 aliphatic heterocycles. The standard InChI is InChI=1S/C21H30N5O2/c22-20(23)25-12-6-5-11-24-18(27)21(9-3-4-10-21)19(28)26-17-13-15-7-1-2-8-16(15)14-17/h1-2,7-8,11,17H,3-6,9-10,12-14H2,(H,24,27)(H,26,28)(H4,22,23,25). The van der Waals surface area contributed by atoms with Gasteiger partial charge in [-0.15, -0.1) is 0 Å². The molecule has 0 unspecified atom stereocenters. The van der Waals surface area contributed by atoms with Crippen molar-refractivity contribution in [1.29, 1.82) is 5.41 Å². The van der Waals surface area contributed by atoms with Gasteiger partial charge in [0, 0.05) is 19.1 Å². The summed E-state index contributed by atoms with van der Waals surface area (Å²) in [4.78, 5) is 26.0. The molecule has 0 bridgehead atoms. The van der Waals surface area contributed by atoms with E-state index in [2.05, 4.69) is 28.1 Å². The number of hydrogen-bond acceptors (Lipinski definition) is 3. The molecule has 1 fully saturated rings. The summed E-state index contributed by atoms with van der Waals surface area (Å²) >= 11 is 0. The van der Waals surface area contributed by atoms with Crippen LogP contribution in [0.3, 0.4) is 0 Å². The first-order valence-corrected chi connectivity index (χ1v) is 10.1. The van der Waals surface area contributed by atoms with Crippen molar-refractivity contribution < 1.29 is 9.59 Å². The van der Waals surface area contributed by atoms with Gasteiger partial charge in [-0.2, -0.15) is 0 Å². The van der Waals surface area contributed by atoms with Crippen molar-refractivity contribution in [3.63, 3.8) is 0 Å². The van der Waals surface area contributed by atoms with Crippen molar-refractivity contribution in [2.75, 3.05) is 6.54 Å². The third kappa shape index (κ3) is 4.64. The van der Waals surface area contributed by atoms with Crippen LogP contribution >= 0.6 is 0 Å². The molecule has 0 aromatic heterocycles. The number of nitrogens with one attached hydrogen (secondary N) is 4. The summed E-state index contributed by atoms with van der Waals surface area (Å²) in [5.74, 6) is -0.385. The lowest BCUT2D eigenvalue weighted by Crippen LogP contribution is -2.52. The number of amides is 2. The number of carbonyl (C=O) groups excluding carboxylic acids is 2. The SMILES string of the molecule is N=C(N)NCCC[CH]NC(=O)C1(C(=O)NC2Cc3ccccc3C2)CCCC1. The topological polar surface area (TPSA) is 120 Å². The molecule has 1 aromatic rings. The summed E-state index contributed by atoms with van der Waals surface area (Å²) in [5, 5.41) is 15.8. The van der Waals surface area contributed by atoms with Crippen LogP contribution in [0.4, 0.5) is 0 Å². The van der Waals surface area contributed by atoms with Gasteiger partial charge in [0.25, 0.3) is 0 Å². The van der Waals surface area contributed by atoms with Crippen LogP contribution in [0.15, 0.2) is 24.3 Å². The molecular formula is C21H30N5O2. The van der Waals surface area contributed by atoms with Gasteiger partial charge in [0.2, 0.25) is 11.8 Å². The van der Waals surface area contributed by atoms with Gasteiger partial charge in [-0.25, -0.2) is 0 Å². The molecule has 3 rings (SSSR count). The fourth-order valence-corrected chi connectivity index (χ4v) is 4.25. The highest BCUT2D eigenvalue weighted by Gasteiger charge is 2.48. The van der Waals surface area contributed by atoms with E-state index < -0.39 is 5.41 Å². The Bertz CT molecular complexity index is 702. The Morgan fingerprint density at radius 3 is 2.39 bits per heavy atom. The van der Waals surface area contributed by atoms with Crippen molar-refractivity contribution >= 4 is 17.8 Å². The highest BCUT2D eigenvalue weighted by Crippen LogP contribution is 2.39. The zero-order valence-electron chi connectivity index (χ0n) is 16.2. The third-order valence-electron chi connectivity index (χ3n) is 5.79. The first kappa shape index (κ1) is 20.2. The van der Waals surface area contributed by atoms with Crippen LogP contribution in [0, 0.1) is 17.4 Å². The minimum absolute atomic E-state index is 0.0559. The fraction of sp³-hybridized carbons (Fsp3) is 0.524. The Morgan fingerprint density at radius 1 is 1.14 bits per heavy atom. The largest absolute Gasteiger partial charge is 0.370 e. The Hall–Kier alpha value is -2.57. The first-order chi connectivity index (χ1) is 13.5. The summed E-state index contributed by atoms with van der Waals surface area (Å²) in [7, 11) is 0. The first-order valence-electron chi connectivity index (χ1n) is 10.1. The predicted octanol–water partition coefficient (Wildman–Crippen LogP) is 1.37. The summed E-state index contributed by atoms with van der Waals surface area (Å²) in [6.45, 7) is 2.29. The maximum Gasteiger partial charge on any atom is 0.235 e. The minimum Gasteiger partial charge on any atom is -0.370 e. The predicted molar refractivity (Wildman–Crippen MR) is 108 cm³/mol. The number of benzene rings is 1. The molecule has 2 aliphatic rings. The number of carbonyl (C=O) groups is 2. The van der Waals surface area contributed by atoms with Gasteiger partial charge in [0.15, 0.2) is 5.96 Å². The molecular weight excluding hydrogens is 354 g/mol. The van der Waals surface area contributed by atoms with Gasteiger partial charge in [0.05, 0.1) is 0 Å². The molecule has 2 aliphatic carbocycles. The second-order valence-electron chi connectivity index (χ2n) is 7.80. The maximum atomic E-state index is 13.1. The summed E-state index contributed by atoms with van der Waals surface area (Å²) < 4.78 is 0. The molecule has 7 heteroatoms. The molecule has 6 N–H and O–H groups in total. The molecule has 0 spiro atoms. The summed E-state index contributed by atoms with van der Waals surface area (Å²) in [5.41, 5.74) is 6.84. The monoisotopic (exact) mass is 384 g/mol. The Kier molecular flexibility index (Phi) is 6.54. The molecule has 0 saturated heterocycles. The van der Waals surface area contributed by atoms with E-state index in [0.29, 0.717) is 25.8 Å². The zero-order valence-corrected chi connectivity index (χ0v) is 16.2. The second-order valence-corrected chi connectivity index (χ2v) is 7.80. The van der Waals surface area contributed by atoms with Gasteiger partial charge in [-0.1, -0.05) is 37.1 Å². The van der Waals surface area contributed by atoms with E-state index in [-0.39, 0.29) is 23.8 Å². The molecule has 1 saturated carbocycles. The quantitative estimate of drug-likeness (QED) is 0.201. The molecule has 28 heavy (non-hydrogen) atoms. The van der Waals surface area contributed by atoms with Crippen molar-refractivity contribution in [3.05, 3.63) is 41.9 Å². The van der Waals surface area contributed by atoms with E-state index in [4.69, 9.17) is 11.1 Å². The normalized spacial score (nSPS) is 17.7. The van der Waals surface area contributed by atoms with E-state index in [9.17, 15) is 9.59 Å². The molecule has 0 heterocycles. The lowest BCUT2D eigenvalue weighted by molar-refractivity contribution is -0.143. The van der Waals surface area contributed by atoms with Crippen LogP contribution in [-0.2, 0) is 22.4 Å². The molecule has 7 nitrogen and oxygen atoms in total. The molecule has 1 aromatic carbocycles. The number of hydrogen-bond donors (Lipinski definition) is 5. The van der Waals surface area contributed by atoms with Crippen molar-refractivity contribution in [2.45, 2.75) is 57.4 Å². The molecule has 0 atom stereocenters. The minimum atomic E-state index is -0.955. The van der Waals surface area contributed by atoms with E-state index in [1.807, 2.05) is 12.1 Å². The van der Waals surface area contributed by atoms with Crippen LogP contribution in [0.25, 0.3) is 0 Å². The summed E-state index contributed by atoms with van der Waals surface area (Å²) in [6.07, 6.45) is 6.06. The van der Waals surface area contributed by atoms with Crippen LogP contribution < -0.4 is 21.7 Å². The van der Waals surface area contributed by atoms with E-state index >= 15 is 0 Å². The van der Waals surface area contributed by atoms with Crippen LogP contribution in [0.1, 0.15) is 49.7 Å². The maximum absolute atomic E-state index is 13.1. The van der Waals surface area contributed by atoms with Crippen molar-refractivity contribution in [3.8, 4) is 0 Å². The van der Waals surface area contributed by atoms with E-state index in [1.165, 1.54) is 11.1 Å². The Balaban J connectivity index is 1.51. The van der Waals surface area contributed by atoms with Gasteiger partial charge in [-0.3, -0.25) is 15.0 Å². The number of rotatable bonds is 8. The highest BCUT2D eigenvalue weighted by atomic mass is 16.2. The average molecular weight is 385 g/mol. The van der Waals surface area contributed by atoms with Crippen LogP contribution in [-0.4, -0.2) is 30.4 Å². The smallest absolute Gasteiger partial charge is 0.235 e. The summed E-state index contributed by atoms with van der Waals surface area (Å²) in [6, 6.07) is 8.33. The number of fused-ring (bicyclic) bond motifs is 1. The number of guanidine groups is 1. The van der Waals surface area contributed by atoms with Gasteiger partial charge >= 0.3 is 0 Å². The average Bonchev–Trinajstić information content (AvgIpc) is 3.31. The third-order valence-corrected chi connectivity index (χ3v) is 5.79. The van der Waals surface area contributed by atoms with E-state index in [1.54, 1.807) is 6.54 Å². The van der Waals surface area contributed by atoms with Crippen LogP contribution in [0.2, 0.25) is 0 Å². The molecule has 151 valence electrons.